The number of rotatable bonds is 6. The van der Waals surface area contributed by atoms with Crippen molar-refractivity contribution in [3.63, 3.8) is 0 Å². The van der Waals surface area contributed by atoms with Crippen LogP contribution in [0.15, 0.2) is 59.9 Å². The highest BCUT2D eigenvalue weighted by atomic mass is 31.2. The van der Waals surface area contributed by atoms with Crippen molar-refractivity contribution in [2.24, 2.45) is 0 Å². The monoisotopic (exact) mass is 371 g/mol. The number of allylic oxidation sites excluding steroid dienone is 5. The summed E-state index contributed by atoms with van der Waals surface area (Å²) in [6.45, 7) is 7.88. The van der Waals surface area contributed by atoms with Gasteiger partial charge in [-0.3, -0.25) is 4.67 Å². The molecule has 1 aromatic rings. The Labute approximate surface area is 157 Å². The van der Waals surface area contributed by atoms with Crippen LogP contribution in [0.4, 0.5) is 0 Å². The molecule has 0 heterocycles. The second-order valence-electron chi connectivity index (χ2n) is 6.98. The Morgan fingerprint density at radius 1 is 1.19 bits per heavy atom. The fraction of sp³-hybridized carbons (Fsp3) is 0.455. The quantitative estimate of drug-likeness (QED) is 0.474. The number of methoxy groups -OCH3 is 1. The molecule has 3 nitrogen and oxygen atoms in total. The lowest BCUT2D eigenvalue weighted by Gasteiger charge is -2.43. The second-order valence-corrected chi connectivity index (χ2v) is 9.97. The van der Waals surface area contributed by atoms with Crippen LogP contribution in [0.3, 0.4) is 0 Å². The zero-order chi connectivity index (χ0) is 18.7. The van der Waals surface area contributed by atoms with E-state index < -0.39 is 7.29 Å². The third kappa shape index (κ3) is 3.12. The van der Waals surface area contributed by atoms with E-state index >= 15 is 0 Å². The highest BCUT2D eigenvalue weighted by molar-refractivity contribution is 7.63. The van der Waals surface area contributed by atoms with Gasteiger partial charge in [0.05, 0.1) is 12.8 Å². The molecule has 0 aliphatic heterocycles. The largest absolute Gasteiger partial charge is 0.500 e. The molecule has 140 valence electrons. The summed E-state index contributed by atoms with van der Waals surface area (Å²) < 4.78 is 22.8. The highest BCUT2D eigenvalue weighted by Crippen LogP contribution is 2.70. The first-order chi connectivity index (χ1) is 12.6. The summed E-state index contributed by atoms with van der Waals surface area (Å²) >= 11 is 0. The van der Waals surface area contributed by atoms with E-state index in [1.807, 2.05) is 0 Å². The van der Waals surface area contributed by atoms with Crippen molar-refractivity contribution in [3.05, 3.63) is 71.0 Å². The van der Waals surface area contributed by atoms with Gasteiger partial charge in [0.25, 0.3) is 0 Å². The molecular formula is C22H30NO2P. The number of ether oxygens (including phenoxy) is 1. The summed E-state index contributed by atoms with van der Waals surface area (Å²) in [5.74, 6) is 0.846. The van der Waals surface area contributed by atoms with E-state index in [9.17, 15) is 4.57 Å². The number of hydrogen-bond acceptors (Lipinski definition) is 2. The smallest absolute Gasteiger partial charge is 0.175 e. The van der Waals surface area contributed by atoms with Crippen molar-refractivity contribution in [2.75, 3.05) is 20.2 Å². The van der Waals surface area contributed by atoms with Crippen molar-refractivity contribution in [1.82, 2.24) is 4.67 Å². The summed E-state index contributed by atoms with van der Waals surface area (Å²) in [6, 6.07) is 8.48. The molecule has 26 heavy (non-hydrogen) atoms. The van der Waals surface area contributed by atoms with Gasteiger partial charge in [-0.2, -0.15) is 0 Å². The molecule has 0 saturated heterocycles. The molecule has 0 spiro atoms. The first-order valence-corrected chi connectivity index (χ1v) is 11.4. The number of fused-ring (bicyclic) bond motifs is 1. The Morgan fingerprint density at radius 3 is 2.62 bits per heavy atom. The van der Waals surface area contributed by atoms with E-state index in [2.05, 4.69) is 74.0 Å². The lowest BCUT2D eigenvalue weighted by molar-refractivity contribution is 0.279. The third-order valence-electron chi connectivity index (χ3n) is 5.67. The van der Waals surface area contributed by atoms with Gasteiger partial charge in [-0.1, -0.05) is 61.9 Å². The van der Waals surface area contributed by atoms with E-state index in [1.54, 1.807) is 7.11 Å². The van der Waals surface area contributed by atoms with E-state index in [1.165, 1.54) is 16.7 Å². The molecule has 2 aliphatic rings. The summed E-state index contributed by atoms with van der Waals surface area (Å²) in [7, 11) is -1.16. The average molecular weight is 371 g/mol. The SMILES string of the molecule is CCN(CC)P(=O)(C1C=CCC=C1OC)C1C(C)=CCc2ccccc21. The van der Waals surface area contributed by atoms with Gasteiger partial charge in [-0.25, -0.2) is 0 Å². The molecule has 0 saturated carbocycles. The molecule has 0 N–H and O–H groups in total. The van der Waals surface area contributed by atoms with Gasteiger partial charge in [0.1, 0.15) is 11.4 Å². The van der Waals surface area contributed by atoms with Gasteiger partial charge in [0.2, 0.25) is 0 Å². The molecule has 3 rings (SSSR count). The van der Waals surface area contributed by atoms with Gasteiger partial charge < -0.3 is 9.30 Å². The highest BCUT2D eigenvalue weighted by Gasteiger charge is 2.48. The predicted octanol–water partition coefficient (Wildman–Crippen LogP) is 5.71. The third-order valence-corrected chi connectivity index (χ3v) is 9.77. The van der Waals surface area contributed by atoms with Gasteiger partial charge >= 0.3 is 0 Å². The molecule has 2 aliphatic carbocycles. The first-order valence-electron chi connectivity index (χ1n) is 9.57. The Balaban J connectivity index is 2.21. The van der Waals surface area contributed by atoms with Crippen LogP contribution in [0.1, 0.15) is 44.0 Å². The Kier molecular flexibility index (Phi) is 5.89. The zero-order valence-electron chi connectivity index (χ0n) is 16.3. The second kappa shape index (κ2) is 7.98. The van der Waals surface area contributed by atoms with E-state index in [4.69, 9.17) is 4.74 Å². The molecule has 4 heteroatoms. The fourth-order valence-corrected chi connectivity index (χ4v) is 8.56. The van der Waals surface area contributed by atoms with Gasteiger partial charge in [0, 0.05) is 13.1 Å². The summed E-state index contributed by atoms with van der Waals surface area (Å²) in [4.78, 5) is 0. The Hall–Kier alpha value is -1.57. The van der Waals surface area contributed by atoms with Crippen molar-refractivity contribution in [3.8, 4) is 0 Å². The Morgan fingerprint density at radius 2 is 1.92 bits per heavy atom. The topological polar surface area (TPSA) is 29.5 Å². The molecule has 1 aromatic carbocycles. The van der Waals surface area contributed by atoms with Crippen LogP contribution in [0.25, 0.3) is 0 Å². The molecule has 0 radical (unpaired) electrons. The number of hydrogen-bond donors (Lipinski definition) is 0. The van der Waals surface area contributed by atoms with Crippen LogP contribution in [0.2, 0.25) is 0 Å². The van der Waals surface area contributed by atoms with Crippen LogP contribution in [-0.2, 0) is 15.7 Å². The molecule has 0 bridgehead atoms. The van der Waals surface area contributed by atoms with Crippen LogP contribution < -0.4 is 0 Å². The average Bonchev–Trinajstić information content (AvgIpc) is 2.68. The molecular weight excluding hydrogens is 341 g/mol. The summed E-state index contributed by atoms with van der Waals surface area (Å²) in [5, 5.41) is 0. The minimum atomic E-state index is -2.86. The summed E-state index contributed by atoms with van der Waals surface area (Å²) in [6.07, 6.45) is 10.3. The normalized spacial score (nSPS) is 24.5. The van der Waals surface area contributed by atoms with Gasteiger partial charge in [-0.05, 0) is 37.0 Å². The molecule has 3 unspecified atom stereocenters. The van der Waals surface area contributed by atoms with E-state index in [-0.39, 0.29) is 11.3 Å². The Bertz CT molecular complexity index is 789. The summed E-state index contributed by atoms with van der Waals surface area (Å²) in [5.41, 5.74) is 3.45. The van der Waals surface area contributed by atoms with Crippen LogP contribution in [-0.4, -0.2) is 30.5 Å². The minimum Gasteiger partial charge on any atom is -0.500 e. The van der Waals surface area contributed by atoms with Gasteiger partial charge in [-0.15, -0.1) is 0 Å². The van der Waals surface area contributed by atoms with E-state index in [0.717, 1.165) is 31.7 Å². The number of nitrogens with zero attached hydrogens (tertiary/aromatic N) is 1. The maximum absolute atomic E-state index is 14.9. The van der Waals surface area contributed by atoms with E-state index in [0.29, 0.717) is 0 Å². The van der Waals surface area contributed by atoms with Crippen molar-refractivity contribution in [2.45, 2.75) is 44.9 Å². The molecule has 0 aromatic heterocycles. The maximum Gasteiger partial charge on any atom is 0.175 e. The van der Waals surface area contributed by atoms with Crippen molar-refractivity contribution in [1.29, 1.82) is 0 Å². The van der Waals surface area contributed by atoms with Crippen LogP contribution in [0.5, 0.6) is 0 Å². The lowest BCUT2D eigenvalue weighted by Crippen LogP contribution is -2.32. The minimum absolute atomic E-state index is 0.0846. The zero-order valence-corrected chi connectivity index (χ0v) is 17.2. The van der Waals surface area contributed by atoms with Crippen LogP contribution >= 0.6 is 7.29 Å². The maximum atomic E-state index is 14.9. The predicted molar refractivity (Wildman–Crippen MR) is 110 cm³/mol. The standard InChI is InChI=1S/C22H30NO2P/c1-5-23(6-2)26(24,21-14-10-9-13-20(21)25-4)22-17(3)15-16-18-11-7-8-12-19(18)22/h7-8,10-15,21-22H,5-6,9,16H2,1-4H3. The fourth-order valence-electron chi connectivity index (χ4n) is 4.39. The first kappa shape index (κ1) is 19.2. The van der Waals surface area contributed by atoms with Crippen molar-refractivity contribution >= 4 is 7.29 Å². The van der Waals surface area contributed by atoms with Gasteiger partial charge in [0.15, 0.2) is 7.29 Å². The lowest BCUT2D eigenvalue weighted by atomic mass is 9.92. The van der Waals surface area contributed by atoms with Crippen molar-refractivity contribution < 1.29 is 9.30 Å². The molecule has 0 fully saturated rings. The molecule has 0 amide bonds. The number of benzene rings is 1. The molecule has 3 atom stereocenters. The van der Waals surface area contributed by atoms with Crippen LogP contribution in [0, 0.1) is 0 Å².